The fraction of sp³-hybridized carbons (Fsp3) is 0.500. The Kier molecular flexibility index (Phi) is 4.61. The first-order valence-corrected chi connectivity index (χ1v) is 6.75. The van der Waals surface area contributed by atoms with Crippen LogP contribution < -0.4 is 5.32 Å². The van der Waals surface area contributed by atoms with Crippen molar-refractivity contribution < 1.29 is 4.79 Å². The lowest BCUT2D eigenvalue weighted by Crippen LogP contribution is -2.41. The number of piperidine rings is 1. The summed E-state index contributed by atoms with van der Waals surface area (Å²) >= 11 is 5.94. The molecule has 1 fully saturated rings. The molecular weight excluding hydrogens is 248 g/mol. The van der Waals surface area contributed by atoms with Crippen LogP contribution in [-0.4, -0.2) is 30.9 Å². The van der Waals surface area contributed by atoms with Crippen molar-refractivity contribution in [3.8, 4) is 0 Å². The Balaban J connectivity index is 1.94. The van der Waals surface area contributed by atoms with Gasteiger partial charge in [0.2, 0.25) is 5.91 Å². The zero-order valence-electron chi connectivity index (χ0n) is 10.7. The van der Waals surface area contributed by atoms with E-state index in [1.165, 1.54) is 0 Å². The van der Waals surface area contributed by atoms with Crippen LogP contribution in [0.1, 0.15) is 18.4 Å². The molecule has 1 aromatic rings. The second kappa shape index (κ2) is 6.21. The minimum atomic E-state index is 0.128. The molecule has 0 aromatic heterocycles. The third-order valence-corrected chi connectivity index (χ3v) is 3.57. The lowest BCUT2D eigenvalue weighted by atomic mass is 9.98. The molecule has 1 aromatic carbocycles. The second-order valence-electron chi connectivity index (χ2n) is 4.87. The molecule has 1 atom stereocenters. The Labute approximate surface area is 113 Å². The van der Waals surface area contributed by atoms with Gasteiger partial charge in [-0.25, -0.2) is 0 Å². The molecule has 0 bridgehead atoms. The average molecular weight is 267 g/mol. The van der Waals surface area contributed by atoms with Gasteiger partial charge in [0.05, 0.1) is 5.92 Å². The SMILES string of the molecule is CN(Cc1cccc(Cl)c1)C(=O)C1CCCNC1. The lowest BCUT2D eigenvalue weighted by molar-refractivity contribution is -0.135. The smallest absolute Gasteiger partial charge is 0.227 e. The van der Waals surface area contributed by atoms with Crippen molar-refractivity contribution in [2.75, 3.05) is 20.1 Å². The summed E-state index contributed by atoms with van der Waals surface area (Å²) in [7, 11) is 1.86. The Morgan fingerprint density at radius 2 is 2.39 bits per heavy atom. The van der Waals surface area contributed by atoms with Crippen LogP contribution in [0, 0.1) is 5.92 Å². The highest BCUT2D eigenvalue weighted by molar-refractivity contribution is 6.30. The van der Waals surface area contributed by atoms with E-state index in [0.717, 1.165) is 31.5 Å². The highest BCUT2D eigenvalue weighted by Gasteiger charge is 2.23. The largest absolute Gasteiger partial charge is 0.341 e. The Bertz CT molecular complexity index is 416. The van der Waals surface area contributed by atoms with Crippen LogP contribution in [0.15, 0.2) is 24.3 Å². The molecule has 3 nitrogen and oxygen atoms in total. The predicted octanol–water partition coefficient (Wildman–Crippen LogP) is 2.30. The fourth-order valence-electron chi connectivity index (χ4n) is 2.36. The van der Waals surface area contributed by atoms with Gasteiger partial charge in [-0.3, -0.25) is 4.79 Å². The number of amides is 1. The van der Waals surface area contributed by atoms with Crippen molar-refractivity contribution in [1.29, 1.82) is 0 Å². The van der Waals surface area contributed by atoms with Crippen LogP contribution in [-0.2, 0) is 11.3 Å². The first-order valence-electron chi connectivity index (χ1n) is 6.37. The number of carbonyl (C=O) groups is 1. The molecule has 2 rings (SSSR count). The van der Waals surface area contributed by atoms with E-state index < -0.39 is 0 Å². The van der Waals surface area contributed by atoms with Gasteiger partial charge >= 0.3 is 0 Å². The van der Waals surface area contributed by atoms with Crippen molar-refractivity contribution in [3.05, 3.63) is 34.9 Å². The van der Waals surface area contributed by atoms with Gasteiger partial charge in [-0.15, -0.1) is 0 Å². The molecule has 1 amide bonds. The third-order valence-electron chi connectivity index (χ3n) is 3.33. The van der Waals surface area contributed by atoms with Crippen molar-refractivity contribution in [2.24, 2.45) is 5.92 Å². The number of carbonyl (C=O) groups excluding carboxylic acids is 1. The van der Waals surface area contributed by atoms with Crippen LogP contribution >= 0.6 is 11.6 Å². The number of nitrogens with one attached hydrogen (secondary N) is 1. The number of benzene rings is 1. The summed E-state index contributed by atoms with van der Waals surface area (Å²) in [4.78, 5) is 14.0. The highest BCUT2D eigenvalue weighted by atomic mass is 35.5. The molecule has 4 heteroatoms. The van der Waals surface area contributed by atoms with Gasteiger partial charge in [0.15, 0.2) is 0 Å². The number of hydrogen-bond donors (Lipinski definition) is 1. The van der Waals surface area contributed by atoms with Gasteiger partial charge < -0.3 is 10.2 Å². The van der Waals surface area contributed by atoms with E-state index >= 15 is 0 Å². The van der Waals surface area contributed by atoms with E-state index in [-0.39, 0.29) is 11.8 Å². The quantitative estimate of drug-likeness (QED) is 0.911. The van der Waals surface area contributed by atoms with Crippen molar-refractivity contribution in [2.45, 2.75) is 19.4 Å². The van der Waals surface area contributed by atoms with Crippen LogP contribution in [0.3, 0.4) is 0 Å². The summed E-state index contributed by atoms with van der Waals surface area (Å²) in [5.74, 6) is 0.352. The lowest BCUT2D eigenvalue weighted by Gasteiger charge is -2.27. The van der Waals surface area contributed by atoms with Crippen LogP contribution in [0.5, 0.6) is 0 Å². The topological polar surface area (TPSA) is 32.3 Å². The molecule has 1 aliphatic rings. The zero-order chi connectivity index (χ0) is 13.0. The number of halogens is 1. The average Bonchev–Trinajstić information content (AvgIpc) is 2.39. The summed E-state index contributed by atoms with van der Waals surface area (Å²) in [5, 5.41) is 3.99. The monoisotopic (exact) mass is 266 g/mol. The molecule has 0 radical (unpaired) electrons. The molecular formula is C14H19ClN2O. The van der Waals surface area contributed by atoms with E-state index in [1.54, 1.807) is 4.90 Å². The summed E-state index contributed by atoms with van der Waals surface area (Å²) in [6.45, 7) is 2.45. The molecule has 0 aliphatic carbocycles. The molecule has 1 heterocycles. The third kappa shape index (κ3) is 3.47. The molecule has 0 saturated carbocycles. The zero-order valence-corrected chi connectivity index (χ0v) is 11.4. The maximum Gasteiger partial charge on any atom is 0.227 e. The maximum atomic E-state index is 12.2. The van der Waals surface area contributed by atoms with Crippen LogP contribution in [0.2, 0.25) is 5.02 Å². The summed E-state index contributed by atoms with van der Waals surface area (Å²) < 4.78 is 0. The number of hydrogen-bond acceptors (Lipinski definition) is 2. The maximum absolute atomic E-state index is 12.2. The Hall–Kier alpha value is -1.06. The fourth-order valence-corrected chi connectivity index (χ4v) is 2.57. The van der Waals surface area contributed by atoms with E-state index in [9.17, 15) is 4.79 Å². The molecule has 0 spiro atoms. The van der Waals surface area contributed by atoms with Gasteiger partial charge in [-0.2, -0.15) is 0 Å². The van der Waals surface area contributed by atoms with E-state index in [2.05, 4.69) is 5.32 Å². The Morgan fingerprint density at radius 3 is 3.06 bits per heavy atom. The van der Waals surface area contributed by atoms with Crippen LogP contribution in [0.25, 0.3) is 0 Å². The van der Waals surface area contributed by atoms with E-state index in [1.807, 2.05) is 31.3 Å². The van der Waals surface area contributed by atoms with Gasteiger partial charge in [-0.05, 0) is 37.1 Å². The normalized spacial score (nSPS) is 19.6. The summed E-state index contributed by atoms with van der Waals surface area (Å²) in [6, 6.07) is 7.66. The molecule has 1 aliphatic heterocycles. The standard InChI is InChI=1S/C14H19ClN2O/c1-17(10-11-4-2-6-13(15)8-11)14(18)12-5-3-7-16-9-12/h2,4,6,8,12,16H,3,5,7,9-10H2,1H3. The second-order valence-corrected chi connectivity index (χ2v) is 5.30. The van der Waals surface area contributed by atoms with E-state index in [0.29, 0.717) is 11.6 Å². The van der Waals surface area contributed by atoms with Crippen molar-refractivity contribution in [1.82, 2.24) is 10.2 Å². The first kappa shape index (κ1) is 13.4. The first-order chi connectivity index (χ1) is 8.66. The molecule has 18 heavy (non-hydrogen) atoms. The van der Waals surface area contributed by atoms with Gasteiger partial charge in [0.1, 0.15) is 0 Å². The van der Waals surface area contributed by atoms with Crippen molar-refractivity contribution in [3.63, 3.8) is 0 Å². The van der Waals surface area contributed by atoms with Crippen LogP contribution in [0.4, 0.5) is 0 Å². The number of nitrogens with zero attached hydrogens (tertiary/aromatic N) is 1. The van der Waals surface area contributed by atoms with Gasteiger partial charge in [0.25, 0.3) is 0 Å². The Morgan fingerprint density at radius 1 is 1.56 bits per heavy atom. The summed E-state index contributed by atoms with van der Waals surface area (Å²) in [5.41, 5.74) is 1.07. The van der Waals surface area contributed by atoms with Crippen molar-refractivity contribution >= 4 is 17.5 Å². The predicted molar refractivity (Wildman–Crippen MR) is 73.5 cm³/mol. The van der Waals surface area contributed by atoms with E-state index in [4.69, 9.17) is 11.6 Å². The molecule has 1 saturated heterocycles. The molecule has 1 unspecified atom stereocenters. The van der Waals surface area contributed by atoms with Gasteiger partial charge in [0, 0.05) is 25.2 Å². The number of rotatable bonds is 3. The minimum Gasteiger partial charge on any atom is -0.341 e. The summed E-state index contributed by atoms with van der Waals surface area (Å²) in [6.07, 6.45) is 2.08. The molecule has 98 valence electrons. The van der Waals surface area contributed by atoms with Gasteiger partial charge in [-0.1, -0.05) is 23.7 Å². The molecule has 1 N–H and O–H groups in total. The minimum absolute atomic E-state index is 0.128. The highest BCUT2D eigenvalue weighted by Crippen LogP contribution is 2.16.